The molecular formula is C15H19N5O3S. The second-order valence-corrected chi connectivity index (χ2v) is 7.91. The van der Waals surface area contributed by atoms with Gasteiger partial charge in [-0.2, -0.15) is 0 Å². The first-order valence-electron chi connectivity index (χ1n) is 7.81. The van der Waals surface area contributed by atoms with Gasteiger partial charge in [-0.15, -0.1) is 5.10 Å². The average molecular weight is 349 g/mol. The van der Waals surface area contributed by atoms with Crippen molar-refractivity contribution in [1.29, 1.82) is 0 Å². The molecule has 2 aromatic rings. The molecule has 1 fully saturated rings. The second kappa shape index (κ2) is 6.68. The first-order chi connectivity index (χ1) is 11.5. The molecule has 0 radical (unpaired) electrons. The maximum atomic E-state index is 12.4. The van der Waals surface area contributed by atoms with Crippen molar-refractivity contribution in [3.8, 4) is 0 Å². The molecule has 1 aliphatic rings. The third-order valence-corrected chi connectivity index (χ3v) is 5.32. The lowest BCUT2D eigenvalue weighted by atomic mass is 10.2. The molecule has 1 aromatic carbocycles. The number of nitrogens with one attached hydrogen (secondary N) is 1. The Bertz CT molecular complexity index is 840. The lowest BCUT2D eigenvalue weighted by Gasteiger charge is -2.12. The van der Waals surface area contributed by atoms with E-state index in [1.807, 2.05) is 0 Å². The Balaban J connectivity index is 1.75. The van der Waals surface area contributed by atoms with Crippen molar-refractivity contribution in [1.82, 2.24) is 25.5 Å². The van der Waals surface area contributed by atoms with E-state index in [2.05, 4.69) is 20.8 Å². The average Bonchev–Trinajstić information content (AvgIpc) is 3.22. The topological polar surface area (TPSA) is 107 Å². The molecule has 0 unspecified atom stereocenters. The maximum Gasteiger partial charge on any atom is 0.252 e. The van der Waals surface area contributed by atoms with Crippen LogP contribution in [0.25, 0.3) is 0 Å². The van der Waals surface area contributed by atoms with Crippen molar-refractivity contribution < 1.29 is 13.2 Å². The Kier molecular flexibility index (Phi) is 4.61. The summed E-state index contributed by atoms with van der Waals surface area (Å²) in [5.41, 5.74) is 0.125. The predicted octanol–water partition coefficient (Wildman–Crippen LogP) is 1.12. The van der Waals surface area contributed by atoms with Gasteiger partial charge in [-0.25, -0.2) is 13.1 Å². The molecule has 1 saturated carbocycles. The molecule has 3 rings (SSSR count). The van der Waals surface area contributed by atoms with Crippen molar-refractivity contribution in [2.75, 3.05) is 6.26 Å². The van der Waals surface area contributed by atoms with Crippen LogP contribution in [0.5, 0.6) is 0 Å². The molecule has 9 heteroatoms. The van der Waals surface area contributed by atoms with Crippen molar-refractivity contribution >= 4 is 15.7 Å². The van der Waals surface area contributed by atoms with E-state index in [1.54, 1.807) is 16.8 Å². The number of amides is 1. The molecule has 1 amide bonds. The standard InChI is InChI=1S/C15H19N5O3S/c1-24(22,23)13-9-5-4-8-12(13)15(21)16-10-14-17-18-19-20(14)11-6-2-3-7-11/h4-5,8-9,11H,2-3,6-7,10H2,1H3,(H,16,21). The zero-order chi connectivity index (χ0) is 17.2. The molecule has 24 heavy (non-hydrogen) atoms. The van der Waals surface area contributed by atoms with Gasteiger partial charge < -0.3 is 5.32 Å². The highest BCUT2D eigenvalue weighted by molar-refractivity contribution is 7.90. The number of carbonyl (C=O) groups excluding carboxylic acids is 1. The van der Waals surface area contributed by atoms with E-state index in [0.717, 1.165) is 31.9 Å². The molecule has 0 saturated heterocycles. The lowest BCUT2D eigenvalue weighted by molar-refractivity contribution is 0.0945. The zero-order valence-corrected chi connectivity index (χ0v) is 14.2. The highest BCUT2D eigenvalue weighted by atomic mass is 32.2. The normalized spacial score (nSPS) is 15.5. The molecule has 0 aliphatic heterocycles. The number of benzene rings is 1. The van der Waals surface area contributed by atoms with Gasteiger partial charge in [0.25, 0.3) is 5.91 Å². The molecule has 0 bridgehead atoms. The quantitative estimate of drug-likeness (QED) is 0.867. The third kappa shape index (κ3) is 3.45. The van der Waals surface area contributed by atoms with E-state index < -0.39 is 15.7 Å². The number of nitrogens with zero attached hydrogens (tertiary/aromatic N) is 4. The number of aromatic nitrogens is 4. The molecule has 1 N–H and O–H groups in total. The minimum atomic E-state index is -3.48. The van der Waals surface area contributed by atoms with Gasteiger partial charge >= 0.3 is 0 Å². The summed E-state index contributed by atoms with van der Waals surface area (Å²) in [5.74, 6) is 0.115. The Morgan fingerprint density at radius 1 is 1.29 bits per heavy atom. The van der Waals surface area contributed by atoms with E-state index >= 15 is 0 Å². The molecule has 1 aliphatic carbocycles. The number of hydrogen-bond donors (Lipinski definition) is 1. The van der Waals surface area contributed by atoms with Crippen LogP contribution in [0.3, 0.4) is 0 Å². The van der Waals surface area contributed by atoms with E-state index in [-0.39, 0.29) is 23.0 Å². The van der Waals surface area contributed by atoms with Crippen LogP contribution in [0.2, 0.25) is 0 Å². The van der Waals surface area contributed by atoms with Crippen LogP contribution in [-0.4, -0.2) is 40.8 Å². The van der Waals surface area contributed by atoms with Crippen molar-refractivity contribution in [3.63, 3.8) is 0 Å². The monoisotopic (exact) mass is 349 g/mol. The van der Waals surface area contributed by atoms with Gasteiger partial charge in [-0.3, -0.25) is 4.79 Å². The Morgan fingerprint density at radius 2 is 2.00 bits per heavy atom. The summed E-state index contributed by atoms with van der Waals surface area (Å²) in [5, 5.41) is 14.4. The second-order valence-electron chi connectivity index (χ2n) is 5.93. The summed E-state index contributed by atoms with van der Waals surface area (Å²) in [7, 11) is -3.48. The van der Waals surface area contributed by atoms with Crippen molar-refractivity contribution in [2.45, 2.75) is 43.2 Å². The first-order valence-corrected chi connectivity index (χ1v) is 9.70. The van der Waals surface area contributed by atoms with Crippen LogP contribution in [0.4, 0.5) is 0 Å². The van der Waals surface area contributed by atoms with Crippen molar-refractivity contribution in [3.05, 3.63) is 35.7 Å². The summed E-state index contributed by atoms with van der Waals surface area (Å²) in [4.78, 5) is 12.4. The molecule has 128 valence electrons. The smallest absolute Gasteiger partial charge is 0.252 e. The highest BCUT2D eigenvalue weighted by Gasteiger charge is 2.22. The first kappa shape index (κ1) is 16.6. The number of rotatable bonds is 5. The molecular weight excluding hydrogens is 330 g/mol. The molecule has 8 nitrogen and oxygen atoms in total. The van der Waals surface area contributed by atoms with E-state index in [0.29, 0.717) is 5.82 Å². The van der Waals surface area contributed by atoms with Crippen LogP contribution >= 0.6 is 0 Å². The van der Waals surface area contributed by atoms with Gasteiger partial charge in [0, 0.05) is 6.26 Å². The SMILES string of the molecule is CS(=O)(=O)c1ccccc1C(=O)NCc1nnnn1C1CCCC1. The van der Waals surface area contributed by atoms with Crippen LogP contribution in [0.1, 0.15) is 47.9 Å². The zero-order valence-electron chi connectivity index (χ0n) is 13.3. The molecule has 1 heterocycles. The minimum absolute atomic E-state index is 0.0119. The van der Waals surface area contributed by atoms with Crippen molar-refractivity contribution in [2.24, 2.45) is 0 Å². The van der Waals surface area contributed by atoms with Crippen LogP contribution < -0.4 is 5.32 Å². The van der Waals surface area contributed by atoms with E-state index in [9.17, 15) is 13.2 Å². The summed E-state index contributed by atoms with van der Waals surface area (Å²) in [6.07, 6.45) is 5.45. The Hall–Kier alpha value is -2.29. The van der Waals surface area contributed by atoms with Crippen LogP contribution in [0, 0.1) is 0 Å². The number of hydrogen-bond acceptors (Lipinski definition) is 6. The van der Waals surface area contributed by atoms with Gasteiger partial charge in [-0.1, -0.05) is 25.0 Å². The lowest BCUT2D eigenvalue weighted by Crippen LogP contribution is -2.27. The predicted molar refractivity (Wildman–Crippen MR) is 86.0 cm³/mol. The maximum absolute atomic E-state index is 12.4. The minimum Gasteiger partial charge on any atom is -0.345 e. The van der Waals surface area contributed by atoms with Crippen LogP contribution in [-0.2, 0) is 16.4 Å². The van der Waals surface area contributed by atoms with E-state index in [1.165, 1.54) is 12.1 Å². The Morgan fingerprint density at radius 3 is 2.71 bits per heavy atom. The summed E-state index contributed by atoms with van der Waals surface area (Å²) >= 11 is 0. The number of sulfone groups is 1. The largest absolute Gasteiger partial charge is 0.345 e. The van der Waals surface area contributed by atoms with Gasteiger partial charge in [0.05, 0.1) is 23.0 Å². The molecule has 0 spiro atoms. The summed E-state index contributed by atoms with van der Waals surface area (Å²) in [6, 6.07) is 6.41. The molecule has 0 atom stereocenters. The van der Waals surface area contributed by atoms with Gasteiger partial charge in [-0.05, 0) is 35.4 Å². The van der Waals surface area contributed by atoms with Crippen LogP contribution in [0.15, 0.2) is 29.2 Å². The summed E-state index contributed by atoms with van der Waals surface area (Å²) in [6.45, 7) is 0.153. The van der Waals surface area contributed by atoms with Gasteiger partial charge in [0.15, 0.2) is 15.7 Å². The van der Waals surface area contributed by atoms with Gasteiger partial charge in [0.1, 0.15) is 0 Å². The fourth-order valence-corrected chi connectivity index (χ4v) is 3.88. The fourth-order valence-electron chi connectivity index (χ4n) is 2.99. The van der Waals surface area contributed by atoms with Gasteiger partial charge in [0.2, 0.25) is 0 Å². The highest BCUT2D eigenvalue weighted by Crippen LogP contribution is 2.29. The summed E-state index contributed by atoms with van der Waals surface area (Å²) < 4.78 is 25.4. The molecule has 1 aromatic heterocycles. The third-order valence-electron chi connectivity index (χ3n) is 4.17. The number of carbonyl (C=O) groups is 1. The Labute approximate surface area is 140 Å². The van der Waals surface area contributed by atoms with E-state index in [4.69, 9.17) is 0 Å². The fraction of sp³-hybridized carbons (Fsp3) is 0.467. The number of tetrazole rings is 1.